The Morgan fingerprint density at radius 2 is 2.35 bits per heavy atom. The van der Waals surface area contributed by atoms with Crippen LogP contribution >= 0.6 is 11.8 Å². The van der Waals surface area contributed by atoms with Crippen LogP contribution in [0.4, 0.5) is 4.39 Å². The van der Waals surface area contributed by atoms with Crippen LogP contribution in [0.25, 0.3) is 0 Å². The van der Waals surface area contributed by atoms with Crippen molar-refractivity contribution in [2.45, 2.75) is 17.2 Å². The molecule has 0 saturated carbocycles. The van der Waals surface area contributed by atoms with Crippen LogP contribution in [0.5, 0.6) is 0 Å². The van der Waals surface area contributed by atoms with Gasteiger partial charge in [0.15, 0.2) is 5.82 Å². The molecule has 0 spiro atoms. The molecular formula is C11H12FN3OS. The van der Waals surface area contributed by atoms with Crippen LogP contribution < -0.4 is 5.32 Å². The predicted molar refractivity (Wildman–Crippen MR) is 63.0 cm³/mol. The van der Waals surface area contributed by atoms with Crippen molar-refractivity contribution in [2.75, 3.05) is 7.05 Å². The second-order valence-electron chi connectivity index (χ2n) is 3.38. The van der Waals surface area contributed by atoms with E-state index >= 15 is 0 Å². The Morgan fingerprint density at radius 3 is 3.12 bits per heavy atom. The fraction of sp³-hybridized carbons (Fsp3) is 0.273. The van der Waals surface area contributed by atoms with Gasteiger partial charge in [0.1, 0.15) is 5.82 Å². The van der Waals surface area contributed by atoms with Crippen molar-refractivity contribution in [3.8, 4) is 0 Å². The fourth-order valence-corrected chi connectivity index (χ4v) is 2.06. The monoisotopic (exact) mass is 253 g/mol. The number of halogens is 1. The van der Waals surface area contributed by atoms with E-state index < -0.39 is 0 Å². The van der Waals surface area contributed by atoms with Gasteiger partial charge in [-0.3, -0.25) is 0 Å². The van der Waals surface area contributed by atoms with E-state index in [1.54, 1.807) is 6.07 Å². The molecule has 2 aromatic rings. The third-order valence-electron chi connectivity index (χ3n) is 2.00. The number of benzene rings is 1. The van der Waals surface area contributed by atoms with Gasteiger partial charge in [-0.15, -0.1) is 11.8 Å². The second-order valence-corrected chi connectivity index (χ2v) is 4.43. The molecule has 0 saturated heterocycles. The highest BCUT2D eigenvalue weighted by Gasteiger charge is 2.06. The number of nitrogens with zero attached hydrogens (tertiary/aromatic N) is 2. The minimum atomic E-state index is -0.237. The summed E-state index contributed by atoms with van der Waals surface area (Å²) in [7, 11) is 1.81. The van der Waals surface area contributed by atoms with Crippen LogP contribution in [0.3, 0.4) is 0 Å². The zero-order valence-corrected chi connectivity index (χ0v) is 10.1. The molecule has 1 aromatic carbocycles. The third-order valence-corrected chi connectivity index (χ3v) is 2.99. The third kappa shape index (κ3) is 3.54. The van der Waals surface area contributed by atoms with E-state index in [0.717, 1.165) is 4.90 Å². The van der Waals surface area contributed by atoms with E-state index in [1.807, 2.05) is 13.1 Å². The van der Waals surface area contributed by atoms with E-state index in [9.17, 15) is 4.39 Å². The average Bonchev–Trinajstić information content (AvgIpc) is 2.75. The molecule has 1 N–H and O–H groups in total. The van der Waals surface area contributed by atoms with Crippen LogP contribution in [-0.2, 0) is 12.3 Å². The summed E-state index contributed by atoms with van der Waals surface area (Å²) in [5.74, 6) is 1.50. The zero-order chi connectivity index (χ0) is 12.1. The molecule has 0 fully saturated rings. The summed E-state index contributed by atoms with van der Waals surface area (Å²) in [6, 6.07) is 6.44. The van der Waals surface area contributed by atoms with E-state index in [1.165, 1.54) is 23.9 Å². The second kappa shape index (κ2) is 5.79. The number of hydrogen-bond acceptors (Lipinski definition) is 5. The summed E-state index contributed by atoms with van der Waals surface area (Å²) in [6.45, 7) is 0.553. The van der Waals surface area contributed by atoms with Crippen molar-refractivity contribution < 1.29 is 8.91 Å². The van der Waals surface area contributed by atoms with Gasteiger partial charge in [0, 0.05) is 4.90 Å². The summed E-state index contributed by atoms with van der Waals surface area (Å²) in [5, 5.41) is 6.76. The van der Waals surface area contributed by atoms with Crippen LogP contribution in [0, 0.1) is 5.82 Å². The summed E-state index contributed by atoms with van der Waals surface area (Å²) in [4.78, 5) is 5.03. The fourth-order valence-electron chi connectivity index (χ4n) is 1.28. The molecule has 1 heterocycles. The summed E-state index contributed by atoms with van der Waals surface area (Å²) < 4.78 is 17.9. The number of rotatable bonds is 5. The Bertz CT molecular complexity index is 489. The lowest BCUT2D eigenvalue weighted by Crippen LogP contribution is -2.05. The van der Waals surface area contributed by atoms with Crippen LogP contribution in [0.15, 0.2) is 33.7 Å². The molecule has 1 aromatic heterocycles. The van der Waals surface area contributed by atoms with Crippen molar-refractivity contribution in [3.63, 3.8) is 0 Å². The van der Waals surface area contributed by atoms with Crippen molar-refractivity contribution in [1.29, 1.82) is 0 Å². The Kier molecular flexibility index (Phi) is 4.11. The minimum absolute atomic E-state index is 0.237. The number of aromatic nitrogens is 2. The molecule has 6 heteroatoms. The lowest BCUT2D eigenvalue weighted by Gasteiger charge is -1.97. The maximum absolute atomic E-state index is 12.9. The van der Waals surface area contributed by atoms with Crippen LogP contribution in [0.1, 0.15) is 11.7 Å². The molecule has 0 bridgehead atoms. The molecule has 0 unspecified atom stereocenters. The van der Waals surface area contributed by atoms with E-state index in [0.29, 0.717) is 24.0 Å². The molecule has 90 valence electrons. The Labute approximate surface area is 103 Å². The lowest BCUT2D eigenvalue weighted by atomic mass is 10.4. The first-order valence-electron chi connectivity index (χ1n) is 5.12. The molecular weight excluding hydrogens is 241 g/mol. The highest BCUT2D eigenvalue weighted by molar-refractivity contribution is 7.98. The average molecular weight is 253 g/mol. The van der Waals surface area contributed by atoms with Gasteiger partial charge in [0.2, 0.25) is 5.89 Å². The quantitative estimate of drug-likeness (QED) is 0.828. The maximum atomic E-state index is 12.9. The van der Waals surface area contributed by atoms with Gasteiger partial charge in [-0.1, -0.05) is 11.2 Å². The SMILES string of the molecule is CNCc1nc(CSc2cccc(F)c2)no1. The van der Waals surface area contributed by atoms with E-state index in [-0.39, 0.29) is 5.82 Å². The minimum Gasteiger partial charge on any atom is -0.338 e. The Balaban J connectivity index is 1.93. The molecule has 17 heavy (non-hydrogen) atoms. The first-order chi connectivity index (χ1) is 8.28. The molecule has 0 aliphatic carbocycles. The maximum Gasteiger partial charge on any atom is 0.240 e. The van der Waals surface area contributed by atoms with E-state index in [2.05, 4.69) is 15.5 Å². The predicted octanol–water partition coefficient (Wildman–Crippen LogP) is 2.22. The summed E-state index contributed by atoms with van der Waals surface area (Å²) in [6.07, 6.45) is 0. The summed E-state index contributed by atoms with van der Waals surface area (Å²) in [5.41, 5.74) is 0. The first-order valence-corrected chi connectivity index (χ1v) is 6.11. The highest BCUT2D eigenvalue weighted by Crippen LogP contribution is 2.21. The van der Waals surface area contributed by atoms with Gasteiger partial charge in [-0.05, 0) is 25.2 Å². The number of hydrogen-bond donors (Lipinski definition) is 1. The molecule has 0 aliphatic heterocycles. The number of thioether (sulfide) groups is 1. The van der Waals surface area contributed by atoms with Crippen molar-refractivity contribution in [2.24, 2.45) is 0 Å². The molecule has 0 radical (unpaired) electrons. The molecule has 4 nitrogen and oxygen atoms in total. The van der Waals surface area contributed by atoms with Crippen LogP contribution in [0.2, 0.25) is 0 Å². The Hall–Kier alpha value is -1.40. The largest absolute Gasteiger partial charge is 0.338 e. The van der Waals surface area contributed by atoms with Gasteiger partial charge in [0.05, 0.1) is 12.3 Å². The Morgan fingerprint density at radius 1 is 1.47 bits per heavy atom. The topological polar surface area (TPSA) is 51.0 Å². The summed E-state index contributed by atoms with van der Waals surface area (Å²) >= 11 is 1.47. The lowest BCUT2D eigenvalue weighted by molar-refractivity contribution is 0.368. The van der Waals surface area contributed by atoms with Crippen molar-refractivity contribution >= 4 is 11.8 Å². The normalized spacial score (nSPS) is 10.7. The standard InChI is InChI=1S/C11H12FN3OS/c1-13-6-11-14-10(15-16-11)7-17-9-4-2-3-8(12)5-9/h2-5,13H,6-7H2,1H3. The molecule has 0 atom stereocenters. The first kappa shape index (κ1) is 12.1. The zero-order valence-electron chi connectivity index (χ0n) is 9.31. The van der Waals surface area contributed by atoms with Gasteiger partial charge in [-0.25, -0.2) is 4.39 Å². The van der Waals surface area contributed by atoms with Crippen molar-refractivity contribution in [1.82, 2.24) is 15.5 Å². The van der Waals surface area contributed by atoms with Gasteiger partial charge in [0.25, 0.3) is 0 Å². The van der Waals surface area contributed by atoms with Gasteiger partial charge >= 0.3 is 0 Å². The number of nitrogens with one attached hydrogen (secondary N) is 1. The molecule has 0 aliphatic rings. The van der Waals surface area contributed by atoms with Gasteiger partial charge in [-0.2, -0.15) is 4.98 Å². The highest BCUT2D eigenvalue weighted by atomic mass is 32.2. The molecule has 0 amide bonds. The van der Waals surface area contributed by atoms with Crippen LogP contribution in [-0.4, -0.2) is 17.2 Å². The van der Waals surface area contributed by atoms with Gasteiger partial charge < -0.3 is 9.84 Å². The smallest absolute Gasteiger partial charge is 0.240 e. The van der Waals surface area contributed by atoms with E-state index in [4.69, 9.17) is 4.52 Å². The molecule has 2 rings (SSSR count). The van der Waals surface area contributed by atoms with Crippen molar-refractivity contribution in [3.05, 3.63) is 41.8 Å².